The topological polar surface area (TPSA) is 192 Å². The zero-order chi connectivity index (χ0) is 23.3. The molecule has 0 fully saturated rings. The number of ketones is 2. The molecule has 0 saturated carbocycles. The Morgan fingerprint density at radius 2 is 1.26 bits per heavy atom. The Morgan fingerprint density at radius 1 is 0.806 bits per heavy atom. The summed E-state index contributed by atoms with van der Waals surface area (Å²) in [5, 5.41) is 17.6. The molecule has 14 heteroatoms. The number of fused-ring (bicyclic) bond motifs is 2. The van der Waals surface area contributed by atoms with E-state index in [0.29, 0.717) is 0 Å². The van der Waals surface area contributed by atoms with E-state index >= 15 is 0 Å². The maximum absolute atomic E-state index is 12.9. The predicted octanol–water partition coefficient (Wildman–Crippen LogP) is 0.717. The molecule has 162 valence electrons. The van der Waals surface area contributed by atoms with Crippen molar-refractivity contribution in [2.75, 3.05) is 7.05 Å². The molecular formula is C17H12N2O10S2. The van der Waals surface area contributed by atoms with Crippen LogP contribution in [-0.4, -0.2) is 62.2 Å². The van der Waals surface area contributed by atoms with Crippen LogP contribution in [0, 0.1) is 0 Å². The van der Waals surface area contributed by atoms with Gasteiger partial charge in [-0.25, -0.2) is 35.5 Å². The highest BCUT2D eigenvalue weighted by Gasteiger charge is 2.34. The molecule has 0 radical (unpaired) electrons. The third kappa shape index (κ3) is 3.62. The summed E-state index contributed by atoms with van der Waals surface area (Å²) in [6.45, 7) is 0. The van der Waals surface area contributed by atoms with Crippen molar-refractivity contribution in [2.45, 2.75) is 9.79 Å². The smallest absolute Gasteiger partial charge is 0.421 e. The molecule has 0 heterocycles. The van der Waals surface area contributed by atoms with Crippen molar-refractivity contribution in [1.29, 1.82) is 0 Å². The van der Waals surface area contributed by atoms with E-state index in [-0.39, 0.29) is 26.6 Å². The van der Waals surface area contributed by atoms with Crippen molar-refractivity contribution in [2.24, 2.45) is 0 Å². The normalized spacial score (nSPS) is 13.2. The standard InChI is InChI=1S/C17H12N2O10S2/c1-19(17(24)25)31(28,29)9-3-5-11-13(7-9)15(21)12-6-8(2-4-10(12)14(11)20)30(26,27)18-16(22)23/h2-7,18H,1H3,(H,22,23)(H,24,25). The molecule has 1 aliphatic carbocycles. The number of nitrogens with zero attached hydrogens (tertiary/aromatic N) is 1. The fourth-order valence-electron chi connectivity index (χ4n) is 2.87. The summed E-state index contributed by atoms with van der Waals surface area (Å²) in [7, 11) is -8.30. The molecule has 2 aromatic rings. The number of carboxylic acid groups (broad SMARTS) is 2. The molecule has 0 aromatic heterocycles. The van der Waals surface area contributed by atoms with Gasteiger partial charge in [0.15, 0.2) is 11.6 Å². The predicted molar refractivity (Wildman–Crippen MR) is 101 cm³/mol. The first-order valence-corrected chi connectivity index (χ1v) is 11.0. The van der Waals surface area contributed by atoms with E-state index in [1.54, 1.807) is 0 Å². The SMILES string of the molecule is CN(C(=O)O)S(=O)(=O)c1ccc2c(c1)C(=O)c1cc(S(=O)(=O)NC(=O)O)ccc1C2=O. The third-order valence-corrected chi connectivity index (χ3v) is 7.47. The third-order valence-electron chi connectivity index (χ3n) is 4.42. The fourth-order valence-corrected chi connectivity index (χ4v) is 4.77. The number of benzene rings is 2. The molecule has 2 aromatic carbocycles. The van der Waals surface area contributed by atoms with Gasteiger partial charge in [-0.3, -0.25) is 9.59 Å². The van der Waals surface area contributed by atoms with Crippen LogP contribution < -0.4 is 4.72 Å². The summed E-state index contributed by atoms with van der Waals surface area (Å²) in [4.78, 5) is 46.2. The second-order valence-electron chi connectivity index (χ2n) is 6.24. The zero-order valence-corrected chi connectivity index (χ0v) is 17.0. The van der Waals surface area contributed by atoms with Gasteiger partial charge in [0.05, 0.1) is 9.79 Å². The molecule has 3 rings (SSSR count). The largest absolute Gasteiger partial charge is 0.464 e. The van der Waals surface area contributed by atoms with E-state index in [1.165, 1.54) is 4.72 Å². The molecule has 0 bridgehead atoms. The van der Waals surface area contributed by atoms with E-state index in [2.05, 4.69) is 0 Å². The molecule has 0 spiro atoms. The van der Waals surface area contributed by atoms with Crippen LogP contribution in [0.2, 0.25) is 0 Å². The minimum atomic E-state index is -4.54. The molecule has 0 aliphatic heterocycles. The maximum atomic E-state index is 12.9. The molecule has 0 saturated heterocycles. The van der Waals surface area contributed by atoms with Crippen molar-refractivity contribution in [3.05, 3.63) is 58.7 Å². The number of carbonyl (C=O) groups is 4. The Balaban J connectivity index is 2.15. The van der Waals surface area contributed by atoms with Crippen LogP contribution >= 0.6 is 0 Å². The van der Waals surface area contributed by atoms with E-state index in [4.69, 9.17) is 10.2 Å². The lowest BCUT2D eigenvalue weighted by Crippen LogP contribution is -2.32. The maximum Gasteiger partial charge on any atom is 0.421 e. The van der Waals surface area contributed by atoms with Gasteiger partial charge in [-0.1, -0.05) is 0 Å². The average molecular weight is 468 g/mol. The lowest BCUT2D eigenvalue weighted by molar-refractivity contribution is 0.0978. The van der Waals surface area contributed by atoms with Gasteiger partial charge in [0.25, 0.3) is 20.0 Å². The van der Waals surface area contributed by atoms with Crippen LogP contribution in [0.3, 0.4) is 0 Å². The number of nitrogens with one attached hydrogen (secondary N) is 1. The Labute approximate surface area is 174 Å². The van der Waals surface area contributed by atoms with Gasteiger partial charge in [0.1, 0.15) is 0 Å². The van der Waals surface area contributed by atoms with Gasteiger partial charge >= 0.3 is 12.2 Å². The summed E-state index contributed by atoms with van der Waals surface area (Å²) in [6, 6.07) is 5.63. The number of carbonyl (C=O) groups excluding carboxylic acids is 2. The average Bonchev–Trinajstić information content (AvgIpc) is 2.69. The first kappa shape index (κ1) is 21.9. The Morgan fingerprint density at radius 3 is 1.74 bits per heavy atom. The minimum absolute atomic E-state index is 0.0278. The summed E-state index contributed by atoms with van der Waals surface area (Å²) >= 11 is 0. The highest BCUT2D eigenvalue weighted by atomic mass is 32.2. The minimum Gasteiger partial charge on any atom is -0.464 e. The molecule has 0 atom stereocenters. The van der Waals surface area contributed by atoms with Crippen molar-refractivity contribution in [3.8, 4) is 0 Å². The van der Waals surface area contributed by atoms with Gasteiger partial charge in [0, 0.05) is 29.3 Å². The summed E-state index contributed by atoms with van der Waals surface area (Å²) in [6.07, 6.45) is -3.63. The van der Waals surface area contributed by atoms with Gasteiger partial charge in [0.2, 0.25) is 0 Å². The van der Waals surface area contributed by atoms with E-state index < -0.39 is 53.6 Å². The highest BCUT2D eigenvalue weighted by Crippen LogP contribution is 2.31. The van der Waals surface area contributed by atoms with Crippen LogP contribution in [0.5, 0.6) is 0 Å². The van der Waals surface area contributed by atoms with Crippen molar-refractivity contribution in [3.63, 3.8) is 0 Å². The van der Waals surface area contributed by atoms with Crippen molar-refractivity contribution in [1.82, 2.24) is 9.03 Å². The van der Waals surface area contributed by atoms with Gasteiger partial charge in [-0.05, 0) is 36.4 Å². The molecule has 2 amide bonds. The molecule has 31 heavy (non-hydrogen) atoms. The lowest BCUT2D eigenvalue weighted by atomic mass is 9.84. The number of sulfonamides is 2. The van der Waals surface area contributed by atoms with E-state index in [0.717, 1.165) is 43.4 Å². The van der Waals surface area contributed by atoms with Gasteiger partial charge < -0.3 is 10.2 Å². The Hall–Kier alpha value is -3.78. The second-order valence-corrected chi connectivity index (χ2v) is 9.89. The number of amides is 2. The summed E-state index contributed by atoms with van der Waals surface area (Å²) < 4.78 is 50.2. The van der Waals surface area contributed by atoms with E-state index in [9.17, 15) is 36.0 Å². The van der Waals surface area contributed by atoms with Crippen LogP contribution in [-0.2, 0) is 20.0 Å². The molecule has 0 unspecified atom stereocenters. The van der Waals surface area contributed by atoms with E-state index in [1.807, 2.05) is 0 Å². The van der Waals surface area contributed by atoms with Crippen LogP contribution in [0.1, 0.15) is 31.8 Å². The second kappa shape index (κ2) is 7.17. The van der Waals surface area contributed by atoms with Gasteiger partial charge in [-0.2, -0.15) is 0 Å². The lowest BCUT2D eigenvalue weighted by Gasteiger charge is -2.20. The fraction of sp³-hybridized carbons (Fsp3) is 0.0588. The summed E-state index contributed by atoms with van der Waals surface area (Å²) in [5.74, 6) is -1.60. The Kier molecular flexibility index (Phi) is 5.07. The van der Waals surface area contributed by atoms with Crippen molar-refractivity contribution < 1.29 is 46.2 Å². The number of hydrogen-bond donors (Lipinski definition) is 3. The van der Waals surface area contributed by atoms with Crippen LogP contribution in [0.25, 0.3) is 0 Å². The van der Waals surface area contributed by atoms with Crippen LogP contribution in [0.4, 0.5) is 9.59 Å². The first-order valence-electron chi connectivity index (χ1n) is 8.12. The highest BCUT2D eigenvalue weighted by molar-refractivity contribution is 7.90. The monoisotopic (exact) mass is 468 g/mol. The molecule has 1 aliphatic rings. The zero-order valence-electron chi connectivity index (χ0n) is 15.4. The Bertz CT molecular complexity index is 1390. The van der Waals surface area contributed by atoms with Crippen LogP contribution in [0.15, 0.2) is 46.2 Å². The quantitative estimate of drug-likeness (QED) is 0.491. The molecule has 12 nitrogen and oxygen atoms in total. The number of hydrogen-bond acceptors (Lipinski definition) is 8. The first-order chi connectivity index (χ1) is 14.3. The van der Waals surface area contributed by atoms with Crippen molar-refractivity contribution >= 4 is 43.8 Å². The van der Waals surface area contributed by atoms with Gasteiger partial charge in [-0.15, -0.1) is 0 Å². The summed E-state index contributed by atoms with van der Waals surface area (Å²) in [5.41, 5.74) is -1.08. The number of rotatable bonds is 4. The molecular weight excluding hydrogens is 456 g/mol. The molecule has 3 N–H and O–H groups in total.